The minimum Gasteiger partial charge on any atom is -0.344 e. The maximum absolute atomic E-state index is 12.9. The van der Waals surface area contributed by atoms with Gasteiger partial charge in [0.2, 0.25) is 5.95 Å². The zero-order valence-electron chi connectivity index (χ0n) is 14.3. The zero-order chi connectivity index (χ0) is 18.6. The standard InChI is InChI=1S/C17H20ClF3N4/c1-4-5-8-25(3)16-22-11(2)9-15(24-16)23-14-10-12(17(19,20)21)6-7-13(14)18/h6-7,9-10H,4-5,8H2,1-3H3,(H,22,23,24). The van der Waals surface area contributed by atoms with E-state index in [1.807, 2.05) is 11.9 Å². The van der Waals surface area contributed by atoms with Gasteiger partial charge in [0.25, 0.3) is 0 Å². The zero-order valence-corrected chi connectivity index (χ0v) is 15.0. The fourth-order valence-corrected chi connectivity index (χ4v) is 2.38. The van der Waals surface area contributed by atoms with Crippen molar-refractivity contribution >= 4 is 29.1 Å². The number of halogens is 4. The van der Waals surface area contributed by atoms with Crippen molar-refractivity contribution in [2.24, 2.45) is 0 Å². The monoisotopic (exact) mass is 372 g/mol. The Labute approximate surface area is 150 Å². The smallest absolute Gasteiger partial charge is 0.344 e. The first-order valence-corrected chi connectivity index (χ1v) is 8.29. The van der Waals surface area contributed by atoms with Gasteiger partial charge in [0.15, 0.2) is 0 Å². The van der Waals surface area contributed by atoms with Gasteiger partial charge in [0, 0.05) is 25.4 Å². The van der Waals surface area contributed by atoms with Gasteiger partial charge < -0.3 is 10.2 Å². The highest BCUT2D eigenvalue weighted by atomic mass is 35.5. The third-order valence-electron chi connectivity index (χ3n) is 3.59. The fourth-order valence-electron chi connectivity index (χ4n) is 2.22. The molecule has 2 rings (SSSR count). The summed E-state index contributed by atoms with van der Waals surface area (Å²) in [7, 11) is 1.88. The van der Waals surface area contributed by atoms with E-state index >= 15 is 0 Å². The van der Waals surface area contributed by atoms with E-state index in [0.717, 1.165) is 31.5 Å². The van der Waals surface area contributed by atoms with E-state index in [4.69, 9.17) is 11.6 Å². The molecule has 136 valence electrons. The second kappa shape index (κ2) is 7.91. The fraction of sp³-hybridized carbons (Fsp3) is 0.412. The van der Waals surface area contributed by atoms with Crippen LogP contribution in [0.4, 0.5) is 30.6 Å². The van der Waals surface area contributed by atoms with Crippen LogP contribution in [-0.2, 0) is 6.18 Å². The van der Waals surface area contributed by atoms with Crippen LogP contribution in [0.25, 0.3) is 0 Å². The number of benzene rings is 1. The van der Waals surface area contributed by atoms with Gasteiger partial charge in [0.05, 0.1) is 16.3 Å². The Balaban J connectivity index is 2.30. The summed E-state index contributed by atoms with van der Waals surface area (Å²) in [6.45, 7) is 4.69. The lowest BCUT2D eigenvalue weighted by molar-refractivity contribution is -0.137. The Bertz CT molecular complexity index is 734. The molecule has 0 bridgehead atoms. The molecule has 0 aliphatic carbocycles. The van der Waals surface area contributed by atoms with Gasteiger partial charge in [-0.05, 0) is 31.5 Å². The molecule has 0 fully saturated rings. The number of rotatable bonds is 6. The molecule has 2 aromatic rings. The largest absolute Gasteiger partial charge is 0.416 e. The van der Waals surface area contributed by atoms with Crippen molar-refractivity contribution in [1.82, 2.24) is 9.97 Å². The van der Waals surface area contributed by atoms with Crippen LogP contribution in [0.5, 0.6) is 0 Å². The first kappa shape index (κ1) is 19.3. The molecule has 0 spiro atoms. The van der Waals surface area contributed by atoms with Crippen LogP contribution < -0.4 is 10.2 Å². The lowest BCUT2D eigenvalue weighted by Crippen LogP contribution is -2.21. The van der Waals surface area contributed by atoms with E-state index in [1.165, 1.54) is 6.07 Å². The first-order valence-electron chi connectivity index (χ1n) is 7.91. The number of aromatic nitrogens is 2. The third kappa shape index (κ3) is 5.22. The Morgan fingerprint density at radius 2 is 1.92 bits per heavy atom. The van der Waals surface area contributed by atoms with Crippen LogP contribution >= 0.6 is 11.6 Å². The quantitative estimate of drug-likeness (QED) is 0.733. The second-order valence-corrected chi connectivity index (χ2v) is 6.19. The molecule has 8 heteroatoms. The SMILES string of the molecule is CCCCN(C)c1nc(C)cc(Nc2cc(C(F)(F)F)ccc2Cl)n1. The summed E-state index contributed by atoms with van der Waals surface area (Å²) in [6.07, 6.45) is -2.40. The average molecular weight is 373 g/mol. The summed E-state index contributed by atoms with van der Waals surface area (Å²) in [5.74, 6) is 0.908. The number of nitrogens with zero attached hydrogens (tertiary/aromatic N) is 3. The molecule has 1 aromatic carbocycles. The van der Waals surface area contributed by atoms with E-state index in [1.54, 1.807) is 13.0 Å². The number of aryl methyl sites for hydroxylation is 1. The van der Waals surface area contributed by atoms with Crippen LogP contribution in [0.1, 0.15) is 31.0 Å². The predicted octanol–water partition coefficient (Wildman–Crippen LogP) is 5.44. The Morgan fingerprint density at radius 3 is 2.56 bits per heavy atom. The number of unbranched alkanes of at least 4 members (excludes halogenated alkanes) is 1. The molecule has 1 heterocycles. The van der Waals surface area contributed by atoms with Gasteiger partial charge in [-0.2, -0.15) is 18.2 Å². The minimum atomic E-state index is -4.44. The topological polar surface area (TPSA) is 41.1 Å². The van der Waals surface area contributed by atoms with Crippen molar-refractivity contribution in [3.05, 3.63) is 40.5 Å². The van der Waals surface area contributed by atoms with Crippen molar-refractivity contribution in [1.29, 1.82) is 0 Å². The van der Waals surface area contributed by atoms with Crippen molar-refractivity contribution in [3.8, 4) is 0 Å². The normalized spacial score (nSPS) is 11.5. The van der Waals surface area contributed by atoms with Gasteiger partial charge in [-0.25, -0.2) is 4.98 Å². The van der Waals surface area contributed by atoms with E-state index in [2.05, 4.69) is 22.2 Å². The van der Waals surface area contributed by atoms with Crippen LogP contribution in [0, 0.1) is 6.92 Å². The van der Waals surface area contributed by atoms with E-state index < -0.39 is 11.7 Å². The summed E-state index contributed by atoms with van der Waals surface area (Å²) >= 11 is 6.02. The van der Waals surface area contributed by atoms with Crippen molar-refractivity contribution in [2.75, 3.05) is 23.8 Å². The predicted molar refractivity (Wildman–Crippen MR) is 94.7 cm³/mol. The highest BCUT2D eigenvalue weighted by molar-refractivity contribution is 6.33. The molecule has 25 heavy (non-hydrogen) atoms. The number of anilines is 3. The Morgan fingerprint density at radius 1 is 1.20 bits per heavy atom. The third-order valence-corrected chi connectivity index (χ3v) is 3.92. The molecular formula is C17H20ClF3N4. The highest BCUT2D eigenvalue weighted by Gasteiger charge is 2.31. The van der Waals surface area contributed by atoms with Crippen LogP contribution in [-0.4, -0.2) is 23.6 Å². The van der Waals surface area contributed by atoms with Crippen molar-refractivity contribution in [2.45, 2.75) is 32.9 Å². The maximum Gasteiger partial charge on any atom is 0.416 e. The van der Waals surface area contributed by atoms with Gasteiger partial charge in [-0.1, -0.05) is 24.9 Å². The molecule has 0 saturated heterocycles. The molecule has 0 amide bonds. The maximum atomic E-state index is 12.9. The molecule has 0 radical (unpaired) electrons. The molecule has 1 N–H and O–H groups in total. The second-order valence-electron chi connectivity index (χ2n) is 5.79. The van der Waals surface area contributed by atoms with Crippen molar-refractivity contribution < 1.29 is 13.2 Å². The summed E-state index contributed by atoms with van der Waals surface area (Å²) in [5, 5.41) is 3.05. The molecule has 0 atom stereocenters. The van der Waals surface area contributed by atoms with Crippen LogP contribution in [0.15, 0.2) is 24.3 Å². The highest BCUT2D eigenvalue weighted by Crippen LogP contribution is 2.34. The van der Waals surface area contributed by atoms with Gasteiger partial charge in [0.1, 0.15) is 5.82 Å². The number of nitrogens with one attached hydrogen (secondary N) is 1. The lowest BCUT2D eigenvalue weighted by atomic mass is 10.2. The van der Waals surface area contributed by atoms with Gasteiger partial charge in [-0.15, -0.1) is 0 Å². The number of hydrogen-bond acceptors (Lipinski definition) is 4. The number of alkyl halides is 3. The lowest BCUT2D eigenvalue weighted by Gasteiger charge is -2.18. The van der Waals surface area contributed by atoms with E-state index in [-0.39, 0.29) is 10.7 Å². The Hall–Kier alpha value is -2.02. The van der Waals surface area contributed by atoms with Crippen molar-refractivity contribution in [3.63, 3.8) is 0 Å². The molecule has 0 saturated carbocycles. The van der Waals surface area contributed by atoms with Gasteiger partial charge >= 0.3 is 6.18 Å². The number of hydrogen-bond donors (Lipinski definition) is 1. The summed E-state index contributed by atoms with van der Waals surface area (Å²) in [5.41, 5.74) is 0.0844. The minimum absolute atomic E-state index is 0.150. The molecule has 0 unspecified atom stereocenters. The summed E-state index contributed by atoms with van der Waals surface area (Å²) < 4.78 is 38.7. The molecular weight excluding hydrogens is 353 g/mol. The summed E-state index contributed by atoms with van der Waals surface area (Å²) in [4.78, 5) is 10.7. The molecule has 4 nitrogen and oxygen atoms in total. The molecule has 1 aromatic heterocycles. The van der Waals surface area contributed by atoms with E-state index in [9.17, 15) is 13.2 Å². The molecule has 0 aliphatic rings. The average Bonchev–Trinajstić information content (AvgIpc) is 2.53. The Kier molecular flexibility index (Phi) is 6.11. The van der Waals surface area contributed by atoms with Gasteiger partial charge in [-0.3, -0.25) is 0 Å². The summed E-state index contributed by atoms with van der Waals surface area (Å²) in [6, 6.07) is 4.80. The van der Waals surface area contributed by atoms with Crippen LogP contribution in [0.3, 0.4) is 0 Å². The van der Waals surface area contributed by atoms with Crippen LogP contribution in [0.2, 0.25) is 5.02 Å². The first-order chi connectivity index (χ1) is 11.7. The molecule has 0 aliphatic heterocycles. The van der Waals surface area contributed by atoms with E-state index in [0.29, 0.717) is 17.5 Å².